The summed E-state index contributed by atoms with van der Waals surface area (Å²) in [6.07, 6.45) is 11.9. The van der Waals surface area contributed by atoms with Gasteiger partial charge >= 0.3 is 6.03 Å². The number of benzene rings is 3. The van der Waals surface area contributed by atoms with Crippen LogP contribution in [0.1, 0.15) is 74.8 Å². The number of rotatable bonds is 7. The number of nitro benzene ring substituents is 2. The van der Waals surface area contributed by atoms with Crippen LogP contribution in [0.4, 0.5) is 21.9 Å². The Kier molecular flexibility index (Phi) is 15.4. The number of aliphatic hydroxyl groups excluding tert-OH is 1. The van der Waals surface area contributed by atoms with Crippen molar-refractivity contribution < 1.29 is 38.8 Å². The molecule has 3 aromatic carbocycles. The van der Waals surface area contributed by atoms with Crippen LogP contribution in [0.2, 0.25) is 0 Å². The quantitative estimate of drug-likeness (QED) is 0.0807. The lowest BCUT2D eigenvalue weighted by Gasteiger charge is -2.29. The van der Waals surface area contributed by atoms with Crippen molar-refractivity contribution >= 4 is 47.2 Å². The second-order valence-electron chi connectivity index (χ2n) is 12.9. The van der Waals surface area contributed by atoms with Gasteiger partial charge in [-0.2, -0.15) is 0 Å². The minimum Gasteiger partial charge on any atom is -0.493 e. The van der Waals surface area contributed by atoms with E-state index in [2.05, 4.69) is 31.7 Å². The van der Waals surface area contributed by atoms with E-state index in [-0.39, 0.29) is 44.1 Å². The first-order chi connectivity index (χ1) is 27.1. The second kappa shape index (κ2) is 20.3. The Morgan fingerprint density at radius 3 is 2.21 bits per heavy atom. The number of hydrogen-bond donors (Lipinski definition) is 4. The number of amides is 2. The molecule has 8 rings (SSSR count). The van der Waals surface area contributed by atoms with Crippen LogP contribution in [0.5, 0.6) is 17.2 Å². The number of non-ortho nitro benzene ring substituents is 2. The van der Waals surface area contributed by atoms with E-state index in [1.165, 1.54) is 24.3 Å². The molecule has 4 aromatic rings. The number of carbonyl (C=O) groups is 2. The number of H-pyrrole nitrogens is 1. The molecule has 3 atom stereocenters. The Morgan fingerprint density at radius 1 is 0.931 bits per heavy atom. The van der Waals surface area contributed by atoms with Crippen LogP contribution in [-0.2, 0) is 4.79 Å². The van der Waals surface area contributed by atoms with E-state index < -0.39 is 16.0 Å². The molecule has 306 valence electrons. The van der Waals surface area contributed by atoms with Crippen LogP contribution in [0.15, 0.2) is 83.9 Å². The van der Waals surface area contributed by atoms with Crippen molar-refractivity contribution in [3.63, 3.8) is 0 Å². The number of aliphatic imine (C=N–C) groups is 1. The highest BCUT2D eigenvalue weighted by molar-refractivity contribution is 5.91. The minimum absolute atomic E-state index is 0. The van der Waals surface area contributed by atoms with Gasteiger partial charge in [0.1, 0.15) is 29.6 Å². The molecule has 4 N–H and O–H groups in total. The molecule has 4 aliphatic heterocycles. The molecule has 0 aliphatic carbocycles. The van der Waals surface area contributed by atoms with Gasteiger partial charge in [-0.05, 0) is 54.8 Å². The van der Waals surface area contributed by atoms with Crippen LogP contribution in [0.3, 0.4) is 0 Å². The van der Waals surface area contributed by atoms with Crippen molar-refractivity contribution in [2.24, 2.45) is 4.99 Å². The smallest absolute Gasteiger partial charge is 0.318 e. The summed E-state index contributed by atoms with van der Waals surface area (Å²) < 4.78 is 16.5. The fourth-order valence-corrected chi connectivity index (χ4v) is 6.57. The molecular weight excluding hydrogens is 750 g/mol. The number of aldehydes is 1. The molecule has 4 aliphatic rings. The maximum absolute atomic E-state index is 11.4. The monoisotopic (exact) mass is 797 g/mol. The summed E-state index contributed by atoms with van der Waals surface area (Å²) in [7, 11) is 1.58. The third-order valence-electron chi connectivity index (χ3n) is 9.39. The third-order valence-corrected chi connectivity index (χ3v) is 9.39. The topological polar surface area (TPSA) is 233 Å². The maximum Gasteiger partial charge on any atom is 0.318 e. The van der Waals surface area contributed by atoms with Gasteiger partial charge in [0.15, 0.2) is 0 Å². The number of carbonyl (C=O) groups excluding carboxylic acids is 2. The first kappa shape index (κ1) is 43.8. The standard InChI is InChI=1S/C15H16N4O2.C14H14N2O4.C10H9NO4.2CH4/c1-16-15(20)19-11-2-3-14-13(7-11)10(4-5-21-14)6-12-8-17-9-18-12;17-14(12-2-1-6-15-12)10-5-7-20-13-4-3-9(16(18)19)8-11(10)13;12-6-7-3-4-15-10-2-1-8(11(13)14)5-9(7)10;;/h2-3,6-9H,4-5H2,1H3,(H,17,18)(H2,16,19,20);2-4,6,8,10,14,17H,1,5,7H2;1-2,5-7H,3-4H2;2*1H4/b10-6+;;;;. The lowest BCUT2D eigenvalue weighted by molar-refractivity contribution is -0.385. The zero-order chi connectivity index (χ0) is 39.6. The Hall–Kier alpha value is -6.88. The number of anilines is 1. The van der Waals surface area contributed by atoms with Crippen LogP contribution in [0.25, 0.3) is 11.6 Å². The van der Waals surface area contributed by atoms with Gasteiger partial charge in [-0.1, -0.05) is 20.9 Å². The predicted octanol–water partition coefficient (Wildman–Crippen LogP) is 7.60. The lowest BCUT2D eigenvalue weighted by Crippen LogP contribution is -2.26. The molecule has 0 radical (unpaired) electrons. The number of urea groups is 1. The largest absolute Gasteiger partial charge is 0.493 e. The first-order valence-corrected chi connectivity index (χ1v) is 17.8. The molecule has 5 heterocycles. The van der Waals surface area contributed by atoms with Gasteiger partial charge < -0.3 is 39.7 Å². The number of nitro groups is 2. The van der Waals surface area contributed by atoms with E-state index in [9.17, 15) is 34.9 Å². The fraction of sp³-hybridized carbons (Fsp3) is 0.317. The van der Waals surface area contributed by atoms with Crippen LogP contribution < -0.4 is 24.8 Å². The zero-order valence-corrected chi connectivity index (χ0v) is 30.3. The average Bonchev–Trinajstić information content (AvgIpc) is 3.96. The van der Waals surface area contributed by atoms with Crippen molar-refractivity contribution in [3.05, 3.63) is 122 Å². The number of imidazole rings is 1. The molecule has 0 bridgehead atoms. The van der Waals surface area contributed by atoms with Crippen LogP contribution >= 0.6 is 0 Å². The molecule has 17 heteroatoms. The highest BCUT2D eigenvalue weighted by Crippen LogP contribution is 2.40. The van der Waals surface area contributed by atoms with Gasteiger partial charge in [0.2, 0.25) is 0 Å². The molecule has 0 spiro atoms. The zero-order valence-electron chi connectivity index (χ0n) is 30.3. The summed E-state index contributed by atoms with van der Waals surface area (Å²) in [5.74, 6) is 1.50. The highest BCUT2D eigenvalue weighted by Gasteiger charge is 2.32. The minimum atomic E-state index is -0.751. The summed E-state index contributed by atoms with van der Waals surface area (Å²) in [5, 5.41) is 37.2. The molecule has 17 nitrogen and oxygen atoms in total. The molecule has 0 fully saturated rings. The number of hydrogen-bond acceptors (Lipinski definition) is 12. The molecule has 0 saturated heterocycles. The molecule has 58 heavy (non-hydrogen) atoms. The summed E-state index contributed by atoms with van der Waals surface area (Å²) in [5.41, 5.74) is 5.75. The maximum atomic E-state index is 11.4. The molecular formula is C41H47N7O10. The summed E-state index contributed by atoms with van der Waals surface area (Å²) in [4.78, 5) is 53.9. The molecule has 2 amide bonds. The number of aromatic amines is 1. The Bertz CT molecular complexity index is 2190. The SMILES string of the molecule is C.C.CNC(=O)Nc1ccc2c(c1)/C(=C/c1cnc[nH]1)CCO2.O=CC1CCOc2ccc([N+](=O)[O-])cc21.O=[N+]([O-])c1ccc2c(c1)C(C(O)C1=CCC=N1)CCO2. The van der Waals surface area contributed by atoms with Crippen molar-refractivity contribution in [2.45, 2.75) is 58.5 Å². The fourth-order valence-electron chi connectivity index (χ4n) is 6.57. The molecule has 1 aromatic heterocycles. The average molecular weight is 798 g/mol. The lowest BCUT2D eigenvalue weighted by atomic mass is 9.86. The van der Waals surface area contributed by atoms with Gasteiger partial charge in [0.25, 0.3) is 11.4 Å². The van der Waals surface area contributed by atoms with E-state index in [4.69, 9.17) is 14.2 Å². The van der Waals surface area contributed by atoms with Gasteiger partial charge in [0.05, 0.1) is 53.6 Å². The first-order valence-electron chi connectivity index (χ1n) is 17.8. The summed E-state index contributed by atoms with van der Waals surface area (Å²) in [6, 6.07) is 14.2. The van der Waals surface area contributed by atoms with Gasteiger partial charge in [0, 0.05) is 84.6 Å². The third kappa shape index (κ3) is 10.5. The van der Waals surface area contributed by atoms with Gasteiger partial charge in [-0.3, -0.25) is 25.2 Å². The van der Waals surface area contributed by atoms with Crippen molar-refractivity contribution in [1.29, 1.82) is 0 Å². The van der Waals surface area contributed by atoms with E-state index in [0.717, 1.165) is 47.4 Å². The Balaban J connectivity index is 0.000000192. The number of fused-ring (bicyclic) bond motifs is 3. The van der Waals surface area contributed by atoms with E-state index in [1.807, 2.05) is 24.3 Å². The Morgan fingerprint density at radius 2 is 1.59 bits per heavy atom. The van der Waals surface area contributed by atoms with E-state index >= 15 is 0 Å². The number of aromatic nitrogens is 2. The highest BCUT2D eigenvalue weighted by atomic mass is 16.6. The van der Waals surface area contributed by atoms with Gasteiger partial charge in [-0.15, -0.1) is 0 Å². The number of nitrogens with one attached hydrogen (secondary N) is 3. The van der Waals surface area contributed by atoms with Gasteiger partial charge in [-0.25, -0.2) is 9.78 Å². The van der Waals surface area contributed by atoms with Crippen LogP contribution in [0, 0.1) is 20.2 Å². The van der Waals surface area contributed by atoms with Crippen molar-refractivity contribution in [1.82, 2.24) is 15.3 Å². The van der Waals surface area contributed by atoms with E-state index in [0.29, 0.717) is 61.0 Å². The predicted molar refractivity (Wildman–Crippen MR) is 220 cm³/mol. The normalized spacial score (nSPS) is 17.9. The summed E-state index contributed by atoms with van der Waals surface area (Å²) >= 11 is 0. The van der Waals surface area contributed by atoms with Crippen LogP contribution in [-0.4, -0.2) is 76.4 Å². The van der Waals surface area contributed by atoms with Crippen molar-refractivity contribution in [2.75, 3.05) is 32.2 Å². The Labute approximate surface area is 335 Å². The van der Waals surface area contributed by atoms with Crippen molar-refractivity contribution in [3.8, 4) is 17.2 Å². The second-order valence-corrected chi connectivity index (χ2v) is 12.9. The molecule has 3 unspecified atom stereocenters. The summed E-state index contributed by atoms with van der Waals surface area (Å²) in [6.45, 7) is 1.62. The number of allylic oxidation sites excluding steroid dienone is 1. The van der Waals surface area contributed by atoms with E-state index in [1.54, 1.807) is 37.9 Å². The number of aliphatic hydroxyl groups is 1. The number of ether oxygens (including phenoxy) is 3. The molecule has 0 saturated carbocycles. The number of nitrogens with zero attached hydrogens (tertiary/aromatic N) is 4.